The summed E-state index contributed by atoms with van der Waals surface area (Å²) in [5, 5.41) is 0. The molecule has 0 heteroatoms. The van der Waals surface area contributed by atoms with Crippen molar-refractivity contribution >= 4 is 0 Å². The first-order valence-electron chi connectivity index (χ1n) is 7.21. The van der Waals surface area contributed by atoms with Crippen LogP contribution in [0.1, 0.15) is 47.2 Å². The van der Waals surface area contributed by atoms with Gasteiger partial charge in [-0.25, -0.2) is 0 Å². The van der Waals surface area contributed by atoms with Gasteiger partial charge in [0.05, 0.1) is 0 Å². The van der Waals surface area contributed by atoms with E-state index in [1.807, 2.05) is 0 Å². The molecule has 2 rings (SSSR count). The number of hydrogen-bond donors (Lipinski definition) is 0. The molecular weight excluding hydrogens is 228 g/mol. The third-order valence-electron chi connectivity index (χ3n) is 5.23. The van der Waals surface area contributed by atoms with Crippen LogP contribution >= 0.6 is 0 Å². The van der Waals surface area contributed by atoms with Crippen LogP contribution in [0, 0.1) is 40.5 Å². The van der Waals surface area contributed by atoms with Crippen LogP contribution in [-0.4, -0.2) is 0 Å². The fourth-order valence-electron chi connectivity index (χ4n) is 3.55. The summed E-state index contributed by atoms with van der Waals surface area (Å²) in [6.07, 6.45) is 8.99. The zero-order valence-electron chi connectivity index (χ0n) is 13.4. The van der Waals surface area contributed by atoms with E-state index < -0.39 is 0 Å². The maximum absolute atomic E-state index is 2.38. The van der Waals surface area contributed by atoms with Crippen LogP contribution in [0.15, 0.2) is 24.3 Å². The molecule has 0 aromatic heterocycles. The van der Waals surface area contributed by atoms with E-state index in [0.717, 1.165) is 0 Å². The largest absolute Gasteiger partial charge is 0.0768 e. The normalized spacial score (nSPS) is 15.5. The topological polar surface area (TPSA) is 0 Å². The summed E-state index contributed by atoms with van der Waals surface area (Å²) < 4.78 is 0. The van der Waals surface area contributed by atoms with Gasteiger partial charge in [0.1, 0.15) is 0 Å². The van der Waals surface area contributed by atoms with Gasteiger partial charge in [0, 0.05) is 5.92 Å². The molecule has 0 aliphatic heterocycles. The monoisotopic (exact) mass is 254 g/mol. The summed E-state index contributed by atoms with van der Waals surface area (Å²) in [7, 11) is 0. The van der Waals surface area contributed by atoms with Crippen LogP contribution < -0.4 is 0 Å². The highest BCUT2D eigenvalue weighted by molar-refractivity contribution is 5.53. The van der Waals surface area contributed by atoms with E-state index in [-0.39, 0.29) is 5.41 Å². The third-order valence-corrected chi connectivity index (χ3v) is 5.23. The Balaban J connectivity index is 2.69. The quantitative estimate of drug-likeness (QED) is 0.676. The summed E-state index contributed by atoms with van der Waals surface area (Å²) >= 11 is 0. The standard InChI is InChI=1S/C19H26/c1-12-13(2)15(4)18(16(5)14(12)3)19(6,7)17-10-8-9-11-17/h8-11,17H,1-7H3. The molecular formula is C19H26. The molecule has 0 nitrogen and oxygen atoms in total. The molecule has 0 heterocycles. The average molecular weight is 254 g/mol. The van der Waals surface area contributed by atoms with Crippen LogP contribution in [0.5, 0.6) is 0 Å². The molecule has 0 saturated heterocycles. The predicted molar refractivity (Wildman–Crippen MR) is 84.9 cm³/mol. The number of hydrogen-bond acceptors (Lipinski definition) is 0. The van der Waals surface area contributed by atoms with Crippen molar-refractivity contribution < 1.29 is 0 Å². The van der Waals surface area contributed by atoms with Crippen molar-refractivity contribution in [2.75, 3.05) is 0 Å². The molecule has 0 fully saturated rings. The lowest BCUT2D eigenvalue weighted by Gasteiger charge is -2.35. The van der Waals surface area contributed by atoms with E-state index in [1.165, 1.54) is 33.4 Å². The van der Waals surface area contributed by atoms with Crippen molar-refractivity contribution in [3.8, 4) is 0 Å². The van der Waals surface area contributed by atoms with Gasteiger partial charge in [-0.3, -0.25) is 0 Å². The maximum Gasteiger partial charge on any atom is 0.00447 e. The summed E-state index contributed by atoms with van der Waals surface area (Å²) in [4.78, 5) is 0. The van der Waals surface area contributed by atoms with Gasteiger partial charge in [0.25, 0.3) is 0 Å². The van der Waals surface area contributed by atoms with Gasteiger partial charge >= 0.3 is 0 Å². The van der Waals surface area contributed by atoms with E-state index in [1.54, 1.807) is 0 Å². The molecule has 0 bridgehead atoms. The molecule has 0 saturated carbocycles. The Morgan fingerprint density at radius 3 is 1.47 bits per heavy atom. The molecule has 0 unspecified atom stereocenters. The maximum atomic E-state index is 2.38. The van der Waals surface area contributed by atoms with E-state index in [9.17, 15) is 0 Å². The third kappa shape index (κ3) is 2.08. The van der Waals surface area contributed by atoms with Crippen LogP contribution in [0.25, 0.3) is 0 Å². The summed E-state index contributed by atoms with van der Waals surface area (Å²) in [6, 6.07) is 0. The van der Waals surface area contributed by atoms with Crippen molar-refractivity contribution in [1.29, 1.82) is 0 Å². The zero-order valence-corrected chi connectivity index (χ0v) is 13.4. The SMILES string of the molecule is Cc1c(C)c(C)c(C(C)(C)C2C=CC=C2)c(C)c1C. The lowest BCUT2D eigenvalue weighted by Crippen LogP contribution is -2.28. The first-order chi connectivity index (χ1) is 8.78. The Morgan fingerprint density at radius 1 is 0.684 bits per heavy atom. The van der Waals surface area contributed by atoms with Gasteiger partial charge in [-0.1, -0.05) is 38.2 Å². The van der Waals surface area contributed by atoms with Crippen molar-refractivity contribution in [2.45, 2.75) is 53.9 Å². The predicted octanol–water partition coefficient (Wildman–Crippen LogP) is 5.25. The van der Waals surface area contributed by atoms with Crippen molar-refractivity contribution in [3.05, 3.63) is 57.7 Å². The van der Waals surface area contributed by atoms with Crippen LogP contribution in [0.4, 0.5) is 0 Å². The van der Waals surface area contributed by atoms with Crippen LogP contribution in [0.3, 0.4) is 0 Å². The molecule has 0 amide bonds. The highest BCUT2D eigenvalue weighted by Crippen LogP contribution is 2.41. The van der Waals surface area contributed by atoms with Crippen LogP contribution in [-0.2, 0) is 5.41 Å². The Morgan fingerprint density at radius 2 is 1.05 bits per heavy atom. The number of allylic oxidation sites excluding steroid dienone is 4. The van der Waals surface area contributed by atoms with Crippen molar-refractivity contribution in [3.63, 3.8) is 0 Å². The summed E-state index contributed by atoms with van der Waals surface area (Å²) in [6.45, 7) is 16.1. The first kappa shape index (κ1) is 14.1. The number of rotatable bonds is 2. The lowest BCUT2D eigenvalue weighted by atomic mass is 9.69. The molecule has 0 radical (unpaired) electrons. The molecule has 102 valence electrons. The fraction of sp³-hybridized carbons (Fsp3) is 0.474. The highest BCUT2D eigenvalue weighted by atomic mass is 14.4. The lowest BCUT2D eigenvalue weighted by molar-refractivity contribution is 0.442. The molecule has 1 aliphatic rings. The Bertz CT molecular complexity index is 527. The molecule has 1 aromatic carbocycles. The van der Waals surface area contributed by atoms with E-state index in [0.29, 0.717) is 5.92 Å². The zero-order chi connectivity index (χ0) is 14.4. The molecule has 1 aromatic rings. The minimum Gasteiger partial charge on any atom is -0.0768 e. The minimum absolute atomic E-state index is 0.154. The second kappa shape index (κ2) is 4.67. The van der Waals surface area contributed by atoms with Gasteiger partial charge < -0.3 is 0 Å². The van der Waals surface area contributed by atoms with Gasteiger partial charge in [0.2, 0.25) is 0 Å². The van der Waals surface area contributed by atoms with E-state index in [4.69, 9.17) is 0 Å². The smallest absolute Gasteiger partial charge is 0.00447 e. The molecule has 0 atom stereocenters. The Hall–Kier alpha value is -1.30. The Kier molecular flexibility index (Phi) is 3.47. The van der Waals surface area contributed by atoms with Crippen molar-refractivity contribution in [1.82, 2.24) is 0 Å². The summed E-state index contributed by atoms with van der Waals surface area (Å²) in [5.74, 6) is 0.506. The van der Waals surface area contributed by atoms with Gasteiger partial charge in [-0.05, 0) is 73.4 Å². The van der Waals surface area contributed by atoms with Gasteiger partial charge in [-0.15, -0.1) is 0 Å². The second-order valence-corrected chi connectivity index (χ2v) is 6.52. The van der Waals surface area contributed by atoms with Crippen molar-refractivity contribution in [2.24, 2.45) is 5.92 Å². The first-order valence-corrected chi connectivity index (χ1v) is 7.21. The molecule has 1 aliphatic carbocycles. The highest BCUT2D eigenvalue weighted by Gasteiger charge is 2.32. The molecule has 0 N–H and O–H groups in total. The van der Waals surface area contributed by atoms with Gasteiger partial charge in [-0.2, -0.15) is 0 Å². The second-order valence-electron chi connectivity index (χ2n) is 6.52. The van der Waals surface area contributed by atoms with Gasteiger partial charge in [0.15, 0.2) is 0 Å². The average Bonchev–Trinajstić information content (AvgIpc) is 2.88. The summed E-state index contributed by atoms with van der Waals surface area (Å²) in [5.41, 5.74) is 9.00. The molecule has 19 heavy (non-hydrogen) atoms. The molecule has 0 spiro atoms. The van der Waals surface area contributed by atoms with Crippen LogP contribution in [0.2, 0.25) is 0 Å². The minimum atomic E-state index is 0.154. The Labute approximate surface area is 118 Å². The number of benzene rings is 1. The fourth-order valence-corrected chi connectivity index (χ4v) is 3.55. The van der Waals surface area contributed by atoms with E-state index in [2.05, 4.69) is 72.8 Å². The van der Waals surface area contributed by atoms with E-state index >= 15 is 0 Å².